The first-order valence-electron chi connectivity index (χ1n) is 5.92. The molecule has 0 fully saturated rings. The van der Waals surface area contributed by atoms with Crippen LogP contribution in [0, 0.1) is 0 Å². The van der Waals surface area contributed by atoms with Gasteiger partial charge in [0.1, 0.15) is 5.56 Å². The van der Waals surface area contributed by atoms with Gasteiger partial charge in [0, 0.05) is 38.5 Å². The summed E-state index contributed by atoms with van der Waals surface area (Å²) in [7, 11) is 2.98. The lowest BCUT2D eigenvalue weighted by Gasteiger charge is -2.20. The maximum atomic E-state index is 12.2. The van der Waals surface area contributed by atoms with Gasteiger partial charge in [-0.05, 0) is 0 Å². The number of ether oxygens (including phenoxy) is 1. The highest BCUT2D eigenvalue weighted by Gasteiger charge is 2.19. The van der Waals surface area contributed by atoms with Crippen molar-refractivity contribution in [2.45, 2.75) is 6.10 Å². The summed E-state index contributed by atoms with van der Waals surface area (Å²) in [6.07, 6.45) is 2.05. The SMILES string of the molecule is COCC(O)CN(C)C(=O)c1cnc2sccn2c1=O. The van der Waals surface area contributed by atoms with E-state index in [4.69, 9.17) is 4.74 Å². The molecule has 108 valence electrons. The molecule has 2 rings (SSSR count). The number of carbonyl (C=O) groups is 1. The number of fused-ring (bicyclic) bond motifs is 1. The fourth-order valence-electron chi connectivity index (χ4n) is 1.82. The van der Waals surface area contributed by atoms with E-state index >= 15 is 0 Å². The molecule has 2 aromatic heterocycles. The smallest absolute Gasteiger partial charge is 0.271 e. The van der Waals surface area contributed by atoms with Gasteiger partial charge in [0.25, 0.3) is 11.5 Å². The van der Waals surface area contributed by atoms with Gasteiger partial charge < -0.3 is 14.7 Å². The molecule has 0 aliphatic heterocycles. The Hall–Kier alpha value is -1.77. The van der Waals surface area contributed by atoms with Crippen molar-refractivity contribution >= 4 is 22.2 Å². The minimum atomic E-state index is -0.797. The maximum absolute atomic E-state index is 12.2. The lowest BCUT2D eigenvalue weighted by atomic mass is 10.2. The summed E-state index contributed by atoms with van der Waals surface area (Å²) in [6, 6.07) is 0. The van der Waals surface area contributed by atoms with Crippen LogP contribution in [0.5, 0.6) is 0 Å². The summed E-state index contributed by atoms with van der Waals surface area (Å²) < 4.78 is 6.13. The molecular weight excluding hydrogens is 282 g/mol. The zero-order valence-corrected chi connectivity index (χ0v) is 12.0. The van der Waals surface area contributed by atoms with Crippen LogP contribution in [0.15, 0.2) is 22.6 Å². The number of hydrogen-bond donors (Lipinski definition) is 1. The fraction of sp³-hybridized carbons (Fsp3) is 0.417. The number of likely N-dealkylation sites (N-methyl/N-ethyl adjacent to an activating group) is 1. The Morgan fingerprint density at radius 1 is 1.65 bits per heavy atom. The molecule has 2 aromatic rings. The summed E-state index contributed by atoms with van der Waals surface area (Å²) in [6.45, 7) is 0.205. The van der Waals surface area contributed by atoms with Crippen molar-refractivity contribution in [1.82, 2.24) is 14.3 Å². The highest BCUT2D eigenvalue weighted by Crippen LogP contribution is 2.07. The molecule has 0 spiro atoms. The molecule has 20 heavy (non-hydrogen) atoms. The molecule has 0 saturated carbocycles. The van der Waals surface area contributed by atoms with E-state index in [0.717, 1.165) is 0 Å². The van der Waals surface area contributed by atoms with Crippen molar-refractivity contribution in [3.8, 4) is 0 Å². The van der Waals surface area contributed by atoms with Crippen LogP contribution < -0.4 is 5.56 Å². The molecule has 1 N–H and O–H groups in total. The van der Waals surface area contributed by atoms with Gasteiger partial charge in [-0.15, -0.1) is 11.3 Å². The standard InChI is InChI=1S/C12H15N3O4S/c1-14(6-8(16)7-19-2)10(17)9-5-13-12-15(11(9)18)3-4-20-12/h3-5,8,16H,6-7H2,1-2H3. The molecule has 0 aliphatic rings. The average Bonchev–Trinajstić information content (AvgIpc) is 2.88. The Bertz CT molecular complexity index is 666. The van der Waals surface area contributed by atoms with Gasteiger partial charge in [-0.25, -0.2) is 4.98 Å². The predicted molar refractivity (Wildman–Crippen MR) is 74.2 cm³/mol. The second-order valence-electron chi connectivity index (χ2n) is 4.33. The van der Waals surface area contributed by atoms with Gasteiger partial charge in [0.15, 0.2) is 4.96 Å². The van der Waals surface area contributed by atoms with Crippen molar-refractivity contribution in [1.29, 1.82) is 0 Å². The number of aliphatic hydroxyl groups excluding tert-OH is 1. The number of aliphatic hydroxyl groups is 1. The Balaban J connectivity index is 2.22. The van der Waals surface area contributed by atoms with E-state index in [1.54, 1.807) is 11.6 Å². The lowest BCUT2D eigenvalue weighted by molar-refractivity contribution is 0.0379. The Labute approximate surface area is 119 Å². The minimum absolute atomic E-state index is 0.0204. The Morgan fingerprint density at radius 3 is 3.10 bits per heavy atom. The first-order chi connectivity index (χ1) is 9.54. The van der Waals surface area contributed by atoms with E-state index in [1.165, 1.54) is 41.0 Å². The van der Waals surface area contributed by atoms with Crippen LogP contribution in [0.25, 0.3) is 4.96 Å². The van der Waals surface area contributed by atoms with Crippen molar-refractivity contribution in [2.24, 2.45) is 0 Å². The van der Waals surface area contributed by atoms with E-state index in [0.29, 0.717) is 4.96 Å². The summed E-state index contributed by atoms with van der Waals surface area (Å²) in [4.78, 5) is 30.2. The highest BCUT2D eigenvalue weighted by atomic mass is 32.1. The molecule has 8 heteroatoms. The van der Waals surface area contributed by atoms with Gasteiger partial charge in [-0.3, -0.25) is 14.0 Å². The first kappa shape index (κ1) is 14.6. The zero-order valence-electron chi connectivity index (χ0n) is 11.1. The number of methoxy groups -OCH3 is 1. The molecule has 7 nitrogen and oxygen atoms in total. The third-order valence-corrected chi connectivity index (χ3v) is 3.53. The van der Waals surface area contributed by atoms with E-state index in [2.05, 4.69) is 4.98 Å². The summed E-state index contributed by atoms with van der Waals surface area (Å²) >= 11 is 1.32. The molecule has 0 radical (unpaired) electrons. The number of nitrogens with zero attached hydrogens (tertiary/aromatic N) is 3. The van der Waals surface area contributed by atoms with E-state index in [1.807, 2.05) is 0 Å². The molecule has 1 amide bonds. The largest absolute Gasteiger partial charge is 0.389 e. The molecule has 0 saturated heterocycles. The number of aromatic nitrogens is 2. The fourth-order valence-corrected chi connectivity index (χ4v) is 2.50. The van der Waals surface area contributed by atoms with Crippen LogP contribution in [-0.4, -0.2) is 58.7 Å². The van der Waals surface area contributed by atoms with Gasteiger partial charge >= 0.3 is 0 Å². The Kier molecular flexibility index (Phi) is 4.48. The van der Waals surface area contributed by atoms with Crippen LogP contribution in [0.3, 0.4) is 0 Å². The van der Waals surface area contributed by atoms with Crippen LogP contribution in [-0.2, 0) is 4.74 Å². The molecule has 0 bridgehead atoms. The molecular formula is C12H15N3O4S. The third-order valence-electron chi connectivity index (χ3n) is 2.76. The number of rotatable bonds is 5. The molecule has 1 unspecified atom stereocenters. The quantitative estimate of drug-likeness (QED) is 0.828. The summed E-state index contributed by atoms with van der Waals surface area (Å²) in [5.41, 5.74) is -0.428. The number of thiazole rings is 1. The van der Waals surface area contributed by atoms with Crippen LogP contribution in [0.1, 0.15) is 10.4 Å². The van der Waals surface area contributed by atoms with Crippen LogP contribution in [0.2, 0.25) is 0 Å². The Morgan fingerprint density at radius 2 is 2.40 bits per heavy atom. The second-order valence-corrected chi connectivity index (χ2v) is 5.20. The number of carbonyl (C=O) groups excluding carboxylic acids is 1. The maximum Gasteiger partial charge on any atom is 0.271 e. The van der Waals surface area contributed by atoms with Crippen molar-refractivity contribution in [2.75, 3.05) is 27.3 Å². The van der Waals surface area contributed by atoms with E-state index in [-0.39, 0.29) is 18.7 Å². The van der Waals surface area contributed by atoms with E-state index < -0.39 is 17.6 Å². The number of hydrogen-bond acceptors (Lipinski definition) is 6. The third kappa shape index (κ3) is 2.87. The molecule has 0 aromatic carbocycles. The first-order valence-corrected chi connectivity index (χ1v) is 6.80. The highest BCUT2D eigenvalue weighted by molar-refractivity contribution is 7.15. The summed E-state index contributed by atoms with van der Waals surface area (Å²) in [5, 5.41) is 11.3. The van der Waals surface area contributed by atoms with Gasteiger partial charge in [0.05, 0.1) is 12.7 Å². The zero-order chi connectivity index (χ0) is 14.7. The summed E-state index contributed by atoms with van der Waals surface area (Å²) in [5.74, 6) is -0.474. The average molecular weight is 297 g/mol. The minimum Gasteiger partial charge on any atom is -0.389 e. The van der Waals surface area contributed by atoms with Gasteiger partial charge in [0.2, 0.25) is 0 Å². The predicted octanol–water partition coefficient (Wildman–Crippen LogP) is -0.165. The lowest BCUT2D eigenvalue weighted by Crippen LogP contribution is -2.39. The van der Waals surface area contributed by atoms with Gasteiger partial charge in [-0.2, -0.15) is 0 Å². The van der Waals surface area contributed by atoms with Crippen molar-refractivity contribution in [3.05, 3.63) is 33.7 Å². The normalized spacial score (nSPS) is 12.6. The monoisotopic (exact) mass is 297 g/mol. The molecule has 1 atom stereocenters. The van der Waals surface area contributed by atoms with Crippen molar-refractivity contribution in [3.63, 3.8) is 0 Å². The number of amides is 1. The second kappa shape index (κ2) is 6.12. The van der Waals surface area contributed by atoms with Crippen LogP contribution >= 0.6 is 11.3 Å². The van der Waals surface area contributed by atoms with Crippen molar-refractivity contribution < 1.29 is 14.6 Å². The van der Waals surface area contributed by atoms with Crippen LogP contribution in [0.4, 0.5) is 0 Å². The molecule has 2 heterocycles. The van der Waals surface area contributed by atoms with E-state index in [9.17, 15) is 14.7 Å². The topological polar surface area (TPSA) is 84.1 Å². The molecule has 0 aliphatic carbocycles. The van der Waals surface area contributed by atoms with Gasteiger partial charge in [-0.1, -0.05) is 0 Å².